The number of ether oxygens (including phenoxy) is 1. The minimum absolute atomic E-state index is 0.320. The molecule has 0 spiro atoms. The summed E-state index contributed by atoms with van der Waals surface area (Å²) in [6.07, 6.45) is 1.19. The Bertz CT molecular complexity index is 638. The van der Waals surface area contributed by atoms with Crippen molar-refractivity contribution in [1.29, 1.82) is 0 Å². The van der Waals surface area contributed by atoms with Gasteiger partial charge in [-0.1, -0.05) is 13.3 Å². The summed E-state index contributed by atoms with van der Waals surface area (Å²) in [4.78, 5) is 0. The fourth-order valence-corrected chi connectivity index (χ4v) is 2.23. The molecular weight excluding hydrogens is 303 g/mol. The number of benzene rings is 2. The summed E-state index contributed by atoms with van der Waals surface area (Å²) in [6.45, 7) is 0.444. The third kappa shape index (κ3) is 3.21. The lowest BCUT2D eigenvalue weighted by Gasteiger charge is -2.11. The van der Waals surface area contributed by atoms with Crippen molar-refractivity contribution in [3.8, 4) is 16.9 Å². The number of rotatable bonds is 5. The lowest BCUT2D eigenvalue weighted by Crippen LogP contribution is -2.00. The van der Waals surface area contributed by atoms with Crippen LogP contribution in [-0.2, 0) is 6.42 Å². The van der Waals surface area contributed by atoms with Gasteiger partial charge in [-0.25, -0.2) is 22.0 Å². The molecule has 0 atom stereocenters. The van der Waals surface area contributed by atoms with Crippen LogP contribution in [-0.4, -0.2) is 6.86 Å². The van der Waals surface area contributed by atoms with Crippen molar-refractivity contribution in [3.63, 3.8) is 0 Å². The molecule has 1 nitrogen and oxygen atoms in total. The van der Waals surface area contributed by atoms with E-state index in [0.29, 0.717) is 30.5 Å². The van der Waals surface area contributed by atoms with Gasteiger partial charge in [0.25, 0.3) is 0 Å². The van der Waals surface area contributed by atoms with Crippen molar-refractivity contribution in [1.82, 2.24) is 0 Å². The Kier molecular flexibility index (Phi) is 5.00. The predicted octanol–water partition coefficient (Wildman–Crippen LogP) is 5.17. The maximum absolute atomic E-state index is 14.1. The summed E-state index contributed by atoms with van der Waals surface area (Å²) < 4.78 is 71.7. The van der Waals surface area contributed by atoms with Gasteiger partial charge in [-0.15, -0.1) is 0 Å². The van der Waals surface area contributed by atoms with E-state index < -0.39 is 41.4 Å². The molecule has 0 heterocycles. The van der Waals surface area contributed by atoms with Crippen LogP contribution in [0.5, 0.6) is 5.75 Å². The van der Waals surface area contributed by atoms with E-state index in [-0.39, 0.29) is 5.56 Å². The van der Waals surface area contributed by atoms with Crippen molar-refractivity contribution < 1.29 is 26.7 Å². The highest BCUT2D eigenvalue weighted by molar-refractivity contribution is 5.66. The Morgan fingerprint density at radius 3 is 1.86 bits per heavy atom. The third-order valence-corrected chi connectivity index (χ3v) is 3.13. The molecule has 0 amide bonds. The van der Waals surface area contributed by atoms with Crippen molar-refractivity contribution in [2.75, 3.05) is 6.86 Å². The fraction of sp³-hybridized carbons (Fsp3) is 0.250. The van der Waals surface area contributed by atoms with Crippen LogP contribution >= 0.6 is 0 Å². The minimum Gasteiger partial charge on any atom is -0.457 e. The van der Waals surface area contributed by atoms with Gasteiger partial charge in [-0.2, -0.15) is 0 Å². The zero-order valence-corrected chi connectivity index (χ0v) is 11.7. The molecule has 0 fully saturated rings. The second-order valence-electron chi connectivity index (χ2n) is 4.71. The Morgan fingerprint density at radius 1 is 0.864 bits per heavy atom. The SMILES string of the molecule is CCCc1cc(F)c(-c2cc(F)c(OCF)c(F)c2)c(F)c1. The van der Waals surface area contributed by atoms with Crippen molar-refractivity contribution in [2.45, 2.75) is 19.8 Å². The molecule has 2 aromatic carbocycles. The standard InChI is InChI=1S/C16H13F5O/c1-2-3-9-4-11(18)15(12(19)5-9)10-6-13(20)16(22-8-17)14(21)7-10/h4-7H,2-3,8H2,1H3. The maximum atomic E-state index is 14.1. The van der Waals surface area contributed by atoms with Crippen molar-refractivity contribution in [3.05, 3.63) is 53.1 Å². The van der Waals surface area contributed by atoms with Gasteiger partial charge in [0.15, 0.2) is 17.4 Å². The van der Waals surface area contributed by atoms with Crippen LogP contribution in [0.1, 0.15) is 18.9 Å². The number of alkyl halides is 1. The van der Waals surface area contributed by atoms with Crippen LogP contribution < -0.4 is 4.74 Å². The molecule has 2 rings (SSSR count). The van der Waals surface area contributed by atoms with Crippen molar-refractivity contribution >= 4 is 0 Å². The normalized spacial score (nSPS) is 10.8. The van der Waals surface area contributed by atoms with Gasteiger partial charge in [0.05, 0.1) is 5.56 Å². The molecule has 0 N–H and O–H groups in total. The molecule has 2 aromatic rings. The molecule has 118 valence electrons. The lowest BCUT2D eigenvalue weighted by atomic mass is 10.00. The van der Waals surface area contributed by atoms with E-state index in [0.717, 1.165) is 12.1 Å². The molecule has 0 aliphatic rings. The summed E-state index contributed by atoms with van der Waals surface area (Å²) in [5.41, 5.74) is -0.400. The van der Waals surface area contributed by atoms with Crippen LogP contribution in [0.15, 0.2) is 24.3 Å². The lowest BCUT2D eigenvalue weighted by molar-refractivity contribution is 0.176. The largest absolute Gasteiger partial charge is 0.457 e. The first-order chi connectivity index (χ1) is 10.5. The summed E-state index contributed by atoms with van der Waals surface area (Å²) in [5, 5.41) is 0. The molecule has 0 radical (unpaired) electrons. The quantitative estimate of drug-likeness (QED) is 0.692. The molecule has 0 saturated carbocycles. The second kappa shape index (κ2) is 6.77. The molecule has 0 aliphatic heterocycles. The highest BCUT2D eigenvalue weighted by Gasteiger charge is 2.19. The monoisotopic (exact) mass is 316 g/mol. The zero-order valence-electron chi connectivity index (χ0n) is 11.7. The molecule has 0 saturated heterocycles. The predicted molar refractivity (Wildman–Crippen MR) is 72.3 cm³/mol. The number of halogens is 5. The molecule has 0 unspecified atom stereocenters. The molecule has 0 aliphatic carbocycles. The first kappa shape index (κ1) is 16.3. The first-order valence-electron chi connectivity index (χ1n) is 6.64. The summed E-state index contributed by atoms with van der Waals surface area (Å²) in [7, 11) is 0. The van der Waals surface area contributed by atoms with Gasteiger partial charge in [-0.3, -0.25) is 0 Å². The van der Waals surface area contributed by atoms with E-state index in [4.69, 9.17) is 0 Å². The average Bonchev–Trinajstić information content (AvgIpc) is 2.42. The fourth-order valence-electron chi connectivity index (χ4n) is 2.23. The van der Waals surface area contributed by atoms with Crippen LogP contribution in [0, 0.1) is 23.3 Å². The van der Waals surface area contributed by atoms with E-state index in [1.165, 1.54) is 0 Å². The topological polar surface area (TPSA) is 9.23 Å². The van der Waals surface area contributed by atoms with Gasteiger partial charge < -0.3 is 4.74 Å². The second-order valence-corrected chi connectivity index (χ2v) is 4.71. The summed E-state index contributed by atoms with van der Waals surface area (Å²) in [6, 6.07) is 3.66. The molecule has 6 heteroatoms. The Hall–Kier alpha value is -2.11. The van der Waals surface area contributed by atoms with Crippen LogP contribution in [0.4, 0.5) is 22.0 Å². The van der Waals surface area contributed by atoms with Gasteiger partial charge in [0.1, 0.15) is 11.6 Å². The molecule has 0 bridgehead atoms. The van der Waals surface area contributed by atoms with E-state index in [9.17, 15) is 22.0 Å². The average molecular weight is 316 g/mol. The van der Waals surface area contributed by atoms with Gasteiger partial charge in [-0.05, 0) is 41.8 Å². The van der Waals surface area contributed by atoms with Crippen LogP contribution in [0.3, 0.4) is 0 Å². The highest BCUT2D eigenvalue weighted by Crippen LogP contribution is 2.32. The van der Waals surface area contributed by atoms with E-state index in [2.05, 4.69) is 4.74 Å². The van der Waals surface area contributed by atoms with Gasteiger partial charge >= 0.3 is 0 Å². The van der Waals surface area contributed by atoms with E-state index in [1.54, 1.807) is 0 Å². The molecular formula is C16H13F5O. The Balaban J connectivity index is 2.53. The van der Waals surface area contributed by atoms with Gasteiger partial charge in [0, 0.05) is 0 Å². The molecule has 22 heavy (non-hydrogen) atoms. The number of aryl methyl sites for hydroxylation is 1. The van der Waals surface area contributed by atoms with Gasteiger partial charge in [0.2, 0.25) is 6.86 Å². The van der Waals surface area contributed by atoms with E-state index >= 15 is 0 Å². The zero-order chi connectivity index (χ0) is 16.3. The summed E-state index contributed by atoms with van der Waals surface area (Å²) in [5.74, 6) is -5.22. The number of hydrogen-bond acceptors (Lipinski definition) is 1. The molecule has 0 aromatic heterocycles. The highest BCUT2D eigenvalue weighted by atomic mass is 19.2. The maximum Gasteiger partial charge on any atom is 0.228 e. The van der Waals surface area contributed by atoms with E-state index in [1.807, 2.05) is 6.92 Å². The smallest absolute Gasteiger partial charge is 0.228 e. The first-order valence-corrected chi connectivity index (χ1v) is 6.64. The minimum atomic E-state index is -1.42. The third-order valence-electron chi connectivity index (χ3n) is 3.13. The van der Waals surface area contributed by atoms with Crippen LogP contribution in [0.2, 0.25) is 0 Å². The van der Waals surface area contributed by atoms with Crippen LogP contribution in [0.25, 0.3) is 11.1 Å². The number of hydrogen-bond donors (Lipinski definition) is 0. The summed E-state index contributed by atoms with van der Waals surface area (Å²) >= 11 is 0. The Morgan fingerprint density at radius 2 is 1.41 bits per heavy atom. The van der Waals surface area contributed by atoms with Crippen molar-refractivity contribution in [2.24, 2.45) is 0 Å². The Labute approximate surface area is 124 Å².